The molecule has 0 bridgehead atoms. The first-order chi connectivity index (χ1) is 8.04. The van der Waals surface area contributed by atoms with Crippen LogP contribution in [0.2, 0.25) is 0 Å². The van der Waals surface area contributed by atoms with Crippen molar-refractivity contribution < 1.29 is 19.5 Å². The van der Waals surface area contributed by atoms with Crippen molar-refractivity contribution in [1.82, 2.24) is 5.48 Å². The predicted molar refractivity (Wildman–Crippen MR) is 62.9 cm³/mol. The van der Waals surface area contributed by atoms with Crippen molar-refractivity contribution in [2.75, 3.05) is 13.7 Å². The molecular formula is C12H17NO4. The monoisotopic (exact) mass is 239 g/mol. The van der Waals surface area contributed by atoms with Crippen molar-refractivity contribution in [2.45, 2.75) is 13.8 Å². The summed E-state index contributed by atoms with van der Waals surface area (Å²) in [4.78, 5) is 16.6. The molecule has 0 saturated heterocycles. The number of ether oxygens (including phenoxy) is 1. The molecule has 0 spiro atoms. The van der Waals surface area contributed by atoms with Crippen molar-refractivity contribution in [2.24, 2.45) is 5.92 Å². The Balaban J connectivity index is 2.63. The van der Waals surface area contributed by atoms with Gasteiger partial charge in [-0.25, -0.2) is 5.48 Å². The number of phenols is 1. The molecule has 0 heterocycles. The van der Waals surface area contributed by atoms with Gasteiger partial charge in [-0.1, -0.05) is 13.8 Å². The summed E-state index contributed by atoms with van der Waals surface area (Å²) < 4.78 is 4.92. The zero-order valence-corrected chi connectivity index (χ0v) is 10.2. The third-order valence-electron chi connectivity index (χ3n) is 2.03. The fourth-order valence-corrected chi connectivity index (χ4v) is 1.16. The lowest BCUT2D eigenvalue weighted by atomic mass is 10.2. The van der Waals surface area contributed by atoms with Gasteiger partial charge in [-0.15, -0.1) is 0 Å². The van der Waals surface area contributed by atoms with Gasteiger partial charge in [0.15, 0.2) is 0 Å². The fraction of sp³-hybridized carbons (Fsp3) is 0.417. The number of phenolic OH excluding ortho intramolecular Hbond substituents is 1. The van der Waals surface area contributed by atoms with Gasteiger partial charge in [0.25, 0.3) is 5.91 Å². The molecule has 17 heavy (non-hydrogen) atoms. The van der Waals surface area contributed by atoms with Gasteiger partial charge < -0.3 is 9.84 Å². The van der Waals surface area contributed by atoms with Crippen molar-refractivity contribution in [1.29, 1.82) is 0 Å². The van der Waals surface area contributed by atoms with Gasteiger partial charge in [0.2, 0.25) is 0 Å². The number of rotatable bonds is 5. The summed E-state index contributed by atoms with van der Waals surface area (Å²) >= 11 is 0. The third-order valence-corrected chi connectivity index (χ3v) is 2.03. The van der Waals surface area contributed by atoms with Gasteiger partial charge in [0.1, 0.15) is 11.5 Å². The molecule has 1 amide bonds. The summed E-state index contributed by atoms with van der Waals surface area (Å²) in [6.45, 7) is 4.36. The number of aromatic hydroxyl groups is 1. The van der Waals surface area contributed by atoms with Crippen molar-refractivity contribution in [3.05, 3.63) is 23.8 Å². The van der Waals surface area contributed by atoms with Crippen LogP contribution >= 0.6 is 0 Å². The van der Waals surface area contributed by atoms with Crippen LogP contribution in [0.1, 0.15) is 24.2 Å². The Kier molecular flexibility index (Phi) is 4.78. The molecule has 0 aliphatic heterocycles. The van der Waals surface area contributed by atoms with E-state index in [1.807, 2.05) is 13.8 Å². The van der Waals surface area contributed by atoms with Gasteiger partial charge in [-0.2, -0.15) is 0 Å². The molecular weight excluding hydrogens is 222 g/mol. The highest BCUT2D eigenvalue weighted by molar-refractivity contribution is 5.96. The van der Waals surface area contributed by atoms with Gasteiger partial charge in [0.05, 0.1) is 19.3 Å². The Bertz CT molecular complexity index is 390. The number of carbonyl (C=O) groups is 1. The summed E-state index contributed by atoms with van der Waals surface area (Å²) in [5.41, 5.74) is 2.42. The summed E-state index contributed by atoms with van der Waals surface area (Å²) in [7, 11) is 1.49. The fourth-order valence-electron chi connectivity index (χ4n) is 1.16. The second-order valence-corrected chi connectivity index (χ2v) is 4.02. The molecule has 1 aromatic carbocycles. The van der Waals surface area contributed by atoms with Crippen LogP contribution in [0.25, 0.3) is 0 Å². The lowest BCUT2D eigenvalue weighted by Crippen LogP contribution is -2.25. The highest BCUT2D eigenvalue weighted by atomic mass is 16.6. The van der Waals surface area contributed by atoms with Gasteiger partial charge >= 0.3 is 0 Å². The number of amides is 1. The number of nitrogens with one attached hydrogen (secondary N) is 1. The van der Waals surface area contributed by atoms with Crippen LogP contribution < -0.4 is 10.2 Å². The number of hydrogen-bond acceptors (Lipinski definition) is 4. The molecule has 5 nitrogen and oxygen atoms in total. The summed E-state index contributed by atoms with van der Waals surface area (Å²) in [6.07, 6.45) is 0. The Morgan fingerprint density at radius 1 is 1.47 bits per heavy atom. The van der Waals surface area contributed by atoms with Crippen LogP contribution in [0.3, 0.4) is 0 Å². The molecule has 94 valence electrons. The second kappa shape index (κ2) is 6.10. The molecule has 0 aromatic heterocycles. The second-order valence-electron chi connectivity index (χ2n) is 4.02. The van der Waals surface area contributed by atoms with E-state index in [0.29, 0.717) is 18.3 Å². The average molecular weight is 239 g/mol. The minimum absolute atomic E-state index is 0.144. The predicted octanol–water partition coefficient (Wildman–Crippen LogP) is 1.72. The van der Waals surface area contributed by atoms with E-state index in [-0.39, 0.29) is 11.3 Å². The zero-order valence-electron chi connectivity index (χ0n) is 10.2. The maximum atomic E-state index is 11.6. The number of hydroxylamine groups is 1. The molecule has 0 radical (unpaired) electrons. The minimum atomic E-state index is -0.481. The van der Waals surface area contributed by atoms with E-state index < -0.39 is 5.91 Å². The van der Waals surface area contributed by atoms with Crippen LogP contribution in [0.15, 0.2) is 18.2 Å². The molecule has 0 saturated carbocycles. The van der Waals surface area contributed by atoms with Gasteiger partial charge in [-0.05, 0) is 18.1 Å². The first-order valence-electron chi connectivity index (χ1n) is 5.33. The maximum Gasteiger partial charge on any atom is 0.278 e. The molecule has 0 atom stereocenters. The Hall–Kier alpha value is -1.75. The van der Waals surface area contributed by atoms with E-state index in [4.69, 9.17) is 9.57 Å². The standard InChI is InChI=1S/C12H17NO4/c1-8(2)7-17-13-12(15)10-5-4-9(16-3)6-11(10)14/h4-6,8,14H,7H2,1-3H3,(H,13,15). The summed E-state index contributed by atoms with van der Waals surface area (Å²) in [5.74, 6) is 0.183. The molecule has 1 rings (SSSR count). The molecule has 0 unspecified atom stereocenters. The van der Waals surface area contributed by atoms with E-state index in [1.165, 1.54) is 19.2 Å². The largest absolute Gasteiger partial charge is 0.507 e. The van der Waals surface area contributed by atoms with Gasteiger partial charge in [0, 0.05) is 6.07 Å². The number of benzene rings is 1. The van der Waals surface area contributed by atoms with E-state index in [2.05, 4.69) is 5.48 Å². The van der Waals surface area contributed by atoms with Crippen molar-refractivity contribution in [3.63, 3.8) is 0 Å². The van der Waals surface area contributed by atoms with Crippen molar-refractivity contribution >= 4 is 5.91 Å². The number of methoxy groups -OCH3 is 1. The molecule has 0 aliphatic carbocycles. The van der Waals surface area contributed by atoms with Crippen LogP contribution in [0.4, 0.5) is 0 Å². The van der Waals surface area contributed by atoms with Crippen LogP contribution in [-0.4, -0.2) is 24.7 Å². The quantitative estimate of drug-likeness (QED) is 0.768. The molecule has 0 fully saturated rings. The smallest absolute Gasteiger partial charge is 0.278 e. The molecule has 2 N–H and O–H groups in total. The average Bonchev–Trinajstić information content (AvgIpc) is 2.28. The third kappa shape index (κ3) is 3.96. The van der Waals surface area contributed by atoms with E-state index in [1.54, 1.807) is 6.07 Å². The van der Waals surface area contributed by atoms with E-state index in [9.17, 15) is 9.90 Å². The van der Waals surface area contributed by atoms with E-state index in [0.717, 1.165) is 0 Å². The summed E-state index contributed by atoms with van der Waals surface area (Å²) in [5, 5.41) is 9.61. The Morgan fingerprint density at radius 3 is 2.71 bits per heavy atom. The number of hydrogen-bond donors (Lipinski definition) is 2. The van der Waals surface area contributed by atoms with Crippen molar-refractivity contribution in [3.8, 4) is 11.5 Å². The highest BCUT2D eigenvalue weighted by Gasteiger charge is 2.12. The van der Waals surface area contributed by atoms with Gasteiger partial charge in [-0.3, -0.25) is 9.63 Å². The topological polar surface area (TPSA) is 67.8 Å². The maximum absolute atomic E-state index is 11.6. The summed E-state index contributed by atoms with van der Waals surface area (Å²) in [6, 6.07) is 4.44. The minimum Gasteiger partial charge on any atom is -0.507 e. The normalized spacial score (nSPS) is 10.4. The van der Waals surface area contributed by atoms with Crippen LogP contribution in [0.5, 0.6) is 11.5 Å². The Morgan fingerprint density at radius 2 is 2.18 bits per heavy atom. The Labute approximate surface area is 100 Å². The molecule has 5 heteroatoms. The number of carbonyl (C=O) groups excluding carboxylic acids is 1. The molecule has 1 aromatic rings. The lowest BCUT2D eigenvalue weighted by Gasteiger charge is -2.09. The first kappa shape index (κ1) is 13.3. The van der Waals surface area contributed by atoms with E-state index >= 15 is 0 Å². The van der Waals surface area contributed by atoms with Crippen LogP contribution in [-0.2, 0) is 4.84 Å². The zero-order chi connectivity index (χ0) is 12.8. The highest BCUT2D eigenvalue weighted by Crippen LogP contribution is 2.23. The SMILES string of the molecule is COc1ccc(C(=O)NOCC(C)C)c(O)c1. The lowest BCUT2D eigenvalue weighted by molar-refractivity contribution is 0.0207. The first-order valence-corrected chi connectivity index (χ1v) is 5.33. The van der Waals surface area contributed by atoms with Crippen LogP contribution in [0, 0.1) is 5.92 Å². The molecule has 0 aliphatic rings.